The Morgan fingerprint density at radius 1 is 1.50 bits per heavy atom. The van der Waals surface area contributed by atoms with Crippen LogP contribution in [0.2, 0.25) is 0 Å². The summed E-state index contributed by atoms with van der Waals surface area (Å²) in [7, 11) is -2.23. The molecule has 0 aliphatic heterocycles. The highest BCUT2D eigenvalue weighted by Crippen LogP contribution is 2.24. The standard InChI is InChI=1S/C12H19BrN2O4S/c1-12(16,5-6-19-2)8-15-20(17,18)11-7-9(14)3-4-10(11)13/h3-4,7,15-16H,5-6,8,14H2,1-2H3. The molecule has 0 radical (unpaired) electrons. The molecule has 0 bridgehead atoms. The molecule has 1 unspecified atom stereocenters. The van der Waals surface area contributed by atoms with Crippen LogP contribution in [0.3, 0.4) is 0 Å². The van der Waals surface area contributed by atoms with Gasteiger partial charge in [0.2, 0.25) is 10.0 Å². The third kappa shape index (κ3) is 5.02. The molecule has 1 aromatic carbocycles. The van der Waals surface area contributed by atoms with Gasteiger partial charge in [0.05, 0.1) is 10.5 Å². The van der Waals surface area contributed by atoms with Crippen molar-refractivity contribution in [3.63, 3.8) is 0 Å². The van der Waals surface area contributed by atoms with Gasteiger partial charge in [-0.15, -0.1) is 0 Å². The van der Waals surface area contributed by atoms with Gasteiger partial charge >= 0.3 is 0 Å². The minimum Gasteiger partial charge on any atom is -0.399 e. The van der Waals surface area contributed by atoms with Gasteiger partial charge in [-0.2, -0.15) is 0 Å². The zero-order valence-electron chi connectivity index (χ0n) is 11.4. The minimum atomic E-state index is -3.75. The second kappa shape index (κ2) is 6.86. The second-order valence-corrected chi connectivity index (χ2v) is 7.34. The highest BCUT2D eigenvalue weighted by Gasteiger charge is 2.25. The number of benzene rings is 1. The Balaban J connectivity index is 2.83. The number of rotatable bonds is 7. The van der Waals surface area contributed by atoms with Crippen LogP contribution in [0.4, 0.5) is 5.69 Å². The number of nitrogen functional groups attached to an aromatic ring is 1. The molecule has 1 rings (SSSR count). The summed E-state index contributed by atoms with van der Waals surface area (Å²) in [5, 5.41) is 10.0. The first-order valence-electron chi connectivity index (χ1n) is 5.94. The molecule has 0 saturated carbocycles. The summed E-state index contributed by atoms with van der Waals surface area (Å²) >= 11 is 3.17. The van der Waals surface area contributed by atoms with Crippen LogP contribution in [0.25, 0.3) is 0 Å². The van der Waals surface area contributed by atoms with Crippen LogP contribution in [-0.2, 0) is 14.8 Å². The molecule has 6 nitrogen and oxygen atoms in total. The number of hydrogen-bond acceptors (Lipinski definition) is 5. The highest BCUT2D eigenvalue weighted by molar-refractivity contribution is 9.10. The number of anilines is 1. The van der Waals surface area contributed by atoms with Crippen molar-refractivity contribution in [2.75, 3.05) is 26.0 Å². The Morgan fingerprint density at radius 2 is 2.15 bits per heavy atom. The van der Waals surface area contributed by atoms with Crippen molar-refractivity contribution in [2.24, 2.45) is 0 Å². The van der Waals surface area contributed by atoms with Crippen LogP contribution in [0.15, 0.2) is 27.6 Å². The lowest BCUT2D eigenvalue weighted by Crippen LogP contribution is -2.41. The van der Waals surface area contributed by atoms with Gasteiger partial charge in [-0.1, -0.05) is 0 Å². The average Bonchev–Trinajstić information content (AvgIpc) is 2.37. The summed E-state index contributed by atoms with van der Waals surface area (Å²) in [4.78, 5) is 0.0417. The number of sulfonamides is 1. The predicted octanol–water partition coefficient (Wildman–Crippen LogP) is 1.10. The molecule has 0 aliphatic rings. The monoisotopic (exact) mass is 366 g/mol. The molecule has 114 valence electrons. The fourth-order valence-electron chi connectivity index (χ4n) is 1.46. The van der Waals surface area contributed by atoms with Gasteiger partial charge in [-0.05, 0) is 41.1 Å². The summed E-state index contributed by atoms with van der Waals surface area (Å²) in [6.45, 7) is 1.78. The fraction of sp³-hybridized carbons (Fsp3) is 0.500. The van der Waals surface area contributed by atoms with Crippen molar-refractivity contribution in [3.05, 3.63) is 22.7 Å². The van der Waals surface area contributed by atoms with E-state index in [0.717, 1.165) is 0 Å². The van der Waals surface area contributed by atoms with Gasteiger partial charge in [-0.3, -0.25) is 0 Å². The maximum atomic E-state index is 12.2. The van der Waals surface area contributed by atoms with Gasteiger partial charge in [0.25, 0.3) is 0 Å². The van der Waals surface area contributed by atoms with Crippen molar-refractivity contribution < 1.29 is 18.3 Å². The van der Waals surface area contributed by atoms with Crippen LogP contribution in [0, 0.1) is 0 Å². The second-order valence-electron chi connectivity index (χ2n) is 4.75. The lowest BCUT2D eigenvalue weighted by molar-refractivity contribution is 0.0292. The normalized spacial score (nSPS) is 15.0. The van der Waals surface area contributed by atoms with E-state index in [1.165, 1.54) is 13.2 Å². The molecule has 20 heavy (non-hydrogen) atoms. The quantitative estimate of drug-likeness (QED) is 0.627. The molecule has 8 heteroatoms. The molecule has 0 amide bonds. The smallest absolute Gasteiger partial charge is 0.241 e. The summed E-state index contributed by atoms with van der Waals surface area (Å²) in [5.41, 5.74) is 4.76. The summed E-state index contributed by atoms with van der Waals surface area (Å²) in [6, 6.07) is 4.51. The number of nitrogens with two attached hydrogens (primary N) is 1. The van der Waals surface area contributed by atoms with E-state index in [1.54, 1.807) is 19.1 Å². The maximum absolute atomic E-state index is 12.2. The van der Waals surface area contributed by atoms with E-state index in [-0.39, 0.29) is 11.4 Å². The number of nitrogens with one attached hydrogen (secondary N) is 1. The zero-order valence-corrected chi connectivity index (χ0v) is 13.8. The minimum absolute atomic E-state index is 0.0417. The van der Waals surface area contributed by atoms with Crippen molar-refractivity contribution in [3.8, 4) is 0 Å². The number of halogens is 1. The lowest BCUT2D eigenvalue weighted by Gasteiger charge is -2.23. The van der Waals surface area contributed by atoms with Crippen LogP contribution in [0.5, 0.6) is 0 Å². The van der Waals surface area contributed by atoms with E-state index in [9.17, 15) is 13.5 Å². The average molecular weight is 367 g/mol. The van der Waals surface area contributed by atoms with E-state index in [0.29, 0.717) is 23.2 Å². The van der Waals surface area contributed by atoms with Gasteiger partial charge in [-0.25, -0.2) is 13.1 Å². The van der Waals surface area contributed by atoms with Crippen molar-refractivity contribution >= 4 is 31.6 Å². The van der Waals surface area contributed by atoms with Crippen molar-refractivity contribution in [1.29, 1.82) is 0 Å². The van der Waals surface area contributed by atoms with Gasteiger partial charge in [0.15, 0.2) is 0 Å². The summed E-state index contributed by atoms with van der Waals surface area (Å²) in [6.07, 6.45) is 0.324. The van der Waals surface area contributed by atoms with Crippen molar-refractivity contribution in [2.45, 2.75) is 23.8 Å². The van der Waals surface area contributed by atoms with E-state index < -0.39 is 15.6 Å². The molecule has 4 N–H and O–H groups in total. The maximum Gasteiger partial charge on any atom is 0.241 e. The zero-order chi connectivity index (χ0) is 15.4. The topological polar surface area (TPSA) is 102 Å². The molecule has 0 aromatic heterocycles. The van der Waals surface area contributed by atoms with E-state index in [4.69, 9.17) is 10.5 Å². The predicted molar refractivity (Wildman–Crippen MR) is 80.9 cm³/mol. The first-order valence-corrected chi connectivity index (χ1v) is 8.21. The van der Waals surface area contributed by atoms with Crippen LogP contribution in [0.1, 0.15) is 13.3 Å². The largest absolute Gasteiger partial charge is 0.399 e. The first kappa shape index (κ1) is 17.4. The SMILES string of the molecule is COCCC(C)(O)CNS(=O)(=O)c1cc(N)ccc1Br. The van der Waals surface area contributed by atoms with Gasteiger partial charge in [0.1, 0.15) is 0 Å². The summed E-state index contributed by atoms with van der Waals surface area (Å²) in [5.74, 6) is 0. The molecule has 0 aliphatic carbocycles. The Hall–Kier alpha value is -0.670. The van der Waals surface area contributed by atoms with Gasteiger partial charge in [0, 0.05) is 36.8 Å². The molecule has 0 spiro atoms. The highest BCUT2D eigenvalue weighted by atomic mass is 79.9. The lowest BCUT2D eigenvalue weighted by atomic mass is 10.0. The first-order chi connectivity index (χ1) is 9.18. The molecule has 1 atom stereocenters. The Morgan fingerprint density at radius 3 is 2.75 bits per heavy atom. The van der Waals surface area contributed by atoms with E-state index >= 15 is 0 Å². The number of hydrogen-bond donors (Lipinski definition) is 3. The number of aliphatic hydroxyl groups is 1. The molecule has 0 heterocycles. The van der Waals surface area contributed by atoms with Crippen LogP contribution < -0.4 is 10.5 Å². The summed E-state index contributed by atoms with van der Waals surface area (Å²) < 4.78 is 32.0. The Bertz CT molecular complexity index is 561. The molecular formula is C12H19BrN2O4S. The molecule has 0 fully saturated rings. The Kier molecular flexibility index (Phi) is 5.96. The Labute approximate surface area is 127 Å². The number of ether oxygens (including phenoxy) is 1. The van der Waals surface area contributed by atoms with E-state index in [1.807, 2.05) is 0 Å². The fourth-order valence-corrected chi connectivity index (χ4v) is 3.62. The van der Waals surface area contributed by atoms with Crippen LogP contribution >= 0.6 is 15.9 Å². The third-order valence-electron chi connectivity index (χ3n) is 2.73. The molecule has 1 aromatic rings. The van der Waals surface area contributed by atoms with Crippen molar-refractivity contribution in [1.82, 2.24) is 4.72 Å². The third-order valence-corrected chi connectivity index (χ3v) is 5.13. The van der Waals surface area contributed by atoms with Gasteiger partial charge < -0.3 is 15.6 Å². The number of methoxy groups -OCH3 is 1. The van der Waals surface area contributed by atoms with Crippen LogP contribution in [-0.4, -0.2) is 39.4 Å². The van der Waals surface area contributed by atoms with E-state index in [2.05, 4.69) is 20.7 Å². The molecule has 0 saturated heterocycles. The molecular weight excluding hydrogens is 348 g/mol.